The minimum Gasteiger partial charge on any atom is -0.465 e. The zero-order valence-corrected chi connectivity index (χ0v) is 18.8. The highest BCUT2D eigenvalue weighted by atomic mass is 35.5. The summed E-state index contributed by atoms with van der Waals surface area (Å²) in [4.78, 5) is 31.1. The van der Waals surface area contributed by atoms with Crippen molar-refractivity contribution in [2.45, 2.75) is 45.4 Å². The number of carbonyl (C=O) groups excluding carboxylic acids is 2. The van der Waals surface area contributed by atoms with Gasteiger partial charge in [-0.25, -0.2) is 0 Å². The van der Waals surface area contributed by atoms with E-state index >= 15 is 0 Å². The van der Waals surface area contributed by atoms with Crippen molar-refractivity contribution in [1.82, 2.24) is 0 Å². The van der Waals surface area contributed by atoms with Crippen LogP contribution in [0.4, 0.5) is 0 Å². The van der Waals surface area contributed by atoms with Crippen molar-refractivity contribution < 1.29 is 14.3 Å². The molecule has 0 bridgehead atoms. The van der Waals surface area contributed by atoms with Gasteiger partial charge in [0.15, 0.2) is 5.78 Å². The molecule has 0 aromatic heterocycles. The number of ketones is 1. The third kappa shape index (κ3) is 4.22. The van der Waals surface area contributed by atoms with E-state index in [4.69, 9.17) is 21.3 Å². The molecular weight excluding hydrogens is 410 g/mol. The molecule has 4 rings (SSSR count). The summed E-state index contributed by atoms with van der Waals surface area (Å²) in [6, 6.07) is 15.7. The van der Waals surface area contributed by atoms with Gasteiger partial charge in [0.05, 0.1) is 6.61 Å². The molecule has 0 spiro atoms. The molecule has 0 amide bonds. The molecule has 5 heteroatoms. The standard InChI is InChI=1S/C26H26ClNO3/c1-4-31-26(30)23-16(3)28-21-13-19(17-9-11-20(27)12-10-17)14-22(29)25(21)24(23)18-7-5-15(2)6-8-18/h5-12,19,23-24H,4,13-14H2,1-3H3/t19-,23?,24+/m1/s1. The maximum Gasteiger partial charge on any atom is 0.315 e. The van der Waals surface area contributed by atoms with Gasteiger partial charge in [0.25, 0.3) is 0 Å². The number of rotatable bonds is 4. The molecule has 1 aliphatic carbocycles. The number of carbonyl (C=O) groups is 2. The van der Waals surface area contributed by atoms with Crippen molar-refractivity contribution in [2.24, 2.45) is 10.9 Å². The number of esters is 1. The summed E-state index contributed by atoms with van der Waals surface area (Å²) in [6.07, 6.45) is 1.06. The summed E-state index contributed by atoms with van der Waals surface area (Å²) in [6.45, 7) is 5.97. The van der Waals surface area contributed by atoms with Crippen molar-refractivity contribution in [3.63, 3.8) is 0 Å². The van der Waals surface area contributed by atoms with Crippen LogP contribution in [0, 0.1) is 12.8 Å². The molecular formula is C26H26ClNO3. The van der Waals surface area contributed by atoms with Gasteiger partial charge >= 0.3 is 5.97 Å². The van der Waals surface area contributed by atoms with E-state index in [1.54, 1.807) is 6.92 Å². The van der Waals surface area contributed by atoms with Crippen molar-refractivity contribution in [3.8, 4) is 0 Å². The van der Waals surface area contributed by atoms with E-state index < -0.39 is 5.92 Å². The van der Waals surface area contributed by atoms with Gasteiger partial charge in [-0.1, -0.05) is 53.6 Å². The van der Waals surface area contributed by atoms with Gasteiger partial charge in [-0.3, -0.25) is 14.6 Å². The predicted molar refractivity (Wildman–Crippen MR) is 123 cm³/mol. The normalized spacial score (nSPS) is 23.3. The van der Waals surface area contributed by atoms with Crippen LogP contribution in [0.2, 0.25) is 5.02 Å². The molecule has 1 unspecified atom stereocenters. The molecule has 2 aromatic rings. The zero-order valence-electron chi connectivity index (χ0n) is 18.0. The summed E-state index contributed by atoms with van der Waals surface area (Å²) < 4.78 is 5.38. The monoisotopic (exact) mass is 435 g/mol. The van der Waals surface area contributed by atoms with Crippen LogP contribution in [0.5, 0.6) is 0 Å². The number of hydrogen-bond donors (Lipinski definition) is 0. The number of benzene rings is 2. The lowest BCUT2D eigenvalue weighted by Gasteiger charge is -2.36. The van der Waals surface area contributed by atoms with Gasteiger partial charge in [0, 0.05) is 34.3 Å². The van der Waals surface area contributed by atoms with Crippen molar-refractivity contribution >= 4 is 29.1 Å². The third-order valence-electron chi connectivity index (χ3n) is 6.21. The second-order valence-corrected chi connectivity index (χ2v) is 8.75. The van der Waals surface area contributed by atoms with Crippen LogP contribution in [0.3, 0.4) is 0 Å². The van der Waals surface area contributed by atoms with Crippen molar-refractivity contribution in [1.29, 1.82) is 0 Å². The Hall–Kier alpha value is -2.72. The summed E-state index contributed by atoms with van der Waals surface area (Å²) in [7, 11) is 0. The Bertz CT molecular complexity index is 1070. The van der Waals surface area contributed by atoms with Gasteiger partial charge < -0.3 is 4.74 Å². The quantitative estimate of drug-likeness (QED) is 0.571. The highest BCUT2D eigenvalue weighted by Gasteiger charge is 2.44. The van der Waals surface area contributed by atoms with Crippen LogP contribution < -0.4 is 0 Å². The Kier molecular flexibility index (Phi) is 6.10. The first kappa shape index (κ1) is 21.5. The minimum atomic E-state index is -0.586. The summed E-state index contributed by atoms with van der Waals surface area (Å²) in [5, 5.41) is 0.675. The van der Waals surface area contributed by atoms with Gasteiger partial charge in [-0.2, -0.15) is 0 Å². The third-order valence-corrected chi connectivity index (χ3v) is 6.46. The van der Waals surface area contributed by atoms with Gasteiger partial charge in [-0.15, -0.1) is 0 Å². The van der Waals surface area contributed by atoms with Crippen molar-refractivity contribution in [3.05, 3.63) is 81.5 Å². The van der Waals surface area contributed by atoms with E-state index in [0.717, 1.165) is 22.4 Å². The Balaban J connectivity index is 1.78. The van der Waals surface area contributed by atoms with E-state index in [2.05, 4.69) is 0 Å². The fourth-order valence-corrected chi connectivity index (χ4v) is 4.83. The number of ether oxygens (including phenoxy) is 1. The second-order valence-electron chi connectivity index (χ2n) is 8.31. The lowest BCUT2D eigenvalue weighted by Crippen LogP contribution is -2.38. The summed E-state index contributed by atoms with van der Waals surface area (Å²) >= 11 is 6.04. The average Bonchev–Trinajstić information content (AvgIpc) is 2.74. The molecule has 31 heavy (non-hydrogen) atoms. The largest absolute Gasteiger partial charge is 0.465 e. The highest BCUT2D eigenvalue weighted by Crippen LogP contribution is 2.46. The first-order chi connectivity index (χ1) is 14.9. The van der Waals surface area contributed by atoms with E-state index in [1.807, 2.05) is 62.4 Å². The first-order valence-electron chi connectivity index (χ1n) is 10.7. The average molecular weight is 436 g/mol. The lowest BCUT2D eigenvalue weighted by atomic mass is 9.69. The maximum absolute atomic E-state index is 13.5. The Morgan fingerprint density at radius 1 is 1.03 bits per heavy atom. The Labute approximate surface area is 188 Å². The fraction of sp³-hybridized carbons (Fsp3) is 0.346. The number of nitrogens with zero attached hydrogens (tertiary/aromatic N) is 1. The second kappa shape index (κ2) is 8.80. The zero-order chi connectivity index (χ0) is 22.1. The van der Waals surface area contributed by atoms with E-state index in [1.165, 1.54) is 0 Å². The predicted octanol–water partition coefficient (Wildman–Crippen LogP) is 5.79. The molecule has 0 radical (unpaired) electrons. The van der Waals surface area contributed by atoms with E-state index in [9.17, 15) is 9.59 Å². The molecule has 0 N–H and O–H groups in total. The highest BCUT2D eigenvalue weighted by molar-refractivity contribution is 6.30. The molecule has 2 aliphatic rings. The number of Topliss-reactive ketones (excluding diaryl/α,β-unsaturated/α-hetero) is 1. The number of halogens is 1. The number of allylic oxidation sites excluding steroid dienone is 2. The number of aryl methyl sites for hydroxylation is 1. The smallest absolute Gasteiger partial charge is 0.315 e. The van der Waals surface area contributed by atoms with Gasteiger partial charge in [-0.05, 0) is 56.4 Å². The summed E-state index contributed by atoms with van der Waals surface area (Å²) in [5.74, 6) is -1.17. The van der Waals surface area contributed by atoms with Gasteiger partial charge in [0.2, 0.25) is 0 Å². The Morgan fingerprint density at radius 3 is 2.32 bits per heavy atom. The molecule has 1 aliphatic heterocycles. The molecule has 2 aromatic carbocycles. The lowest BCUT2D eigenvalue weighted by molar-refractivity contribution is -0.146. The summed E-state index contributed by atoms with van der Waals surface area (Å²) in [5.41, 5.74) is 5.31. The SMILES string of the molecule is CCOC(=O)C1C(C)=NC2=C(C(=O)C[C@H](c3ccc(Cl)cc3)C2)[C@H]1c1ccc(C)cc1. The van der Waals surface area contributed by atoms with Crippen LogP contribution in [0.15, 0.2) is 64.8 Å². The molecule has 160 valence electrons. The minimum absolute atomic E-state index is 0.0531. The first-order valence-corrected chi connectivity index (χ1v) is 11.1. The van der Waals surface area contributed by atoms with Crippen LogP contribution in [0.1, 0.15) is 55.2 Å². The molecule has 0 fully saturated rings. The molecule has 1 heterocycles. The number of aliphatic imine (C=N–C) groups is 1. The molecule has 4 nitrogen and oxygen atoms in total. The van der Waals surface area contributed by atoms with Gasteiger partial charge in [0.1, 0.15) is 5.92 Å². The number of hydrogen-bond acceptors (Lipinski definition) is 4. The fourth-order valence-electron chi connectivity index (χ4n) is 4.70. The van der Waals surface area contributed by atoms with Crippen LogP contribution in [-0.4, -0.2) is 24.1 Å². The topological polar surface area (TPSA) is 55.7 Å². The van der Waals surface area contributed by atoms with Crippen LogP contribution in [-0.2, 0) is 14.3 Å². The van der Waals surface area contributed by atoms with Crippen LogP contribution >= 0.6 is 11.6 Å². The molecule has 0 saturated carbocycles. The Morgan fingerprint density at radius 2 is 1.68 bits per heavy atom. The van der Waals surface area contributed by atoms with Crippen molar-refractivity contribution in [2.75, 3.05) is 6.61 Å². The maximum atomic E-state index is 13.5. The molecule has 0 saturated heterocycles. The molecule has 3 atom stereocenters. The van der Waals surface area contributed by atoms with E-state index in [0.29, 0.717) is 35.8 Å². The van der Waals surface area contributed by atoms with E-state index in [-0.39, 0.29) is 23.6 Å². The van der Waals surface area contributed by atoms with Crippen LogP contribution in [0.25, 0.3) is 0 Å².